The molecule has 1 aliphatic rings. The fraction of sp³-hybridized carbons (Fsp3) is 0.632. The van der Waals surface area contributed by atoms with Crippen LogP contribution >= 0.6 is 24.0 Å². The molecule has 154 valence electrons. The Balaban J connectivity index is 0.00000364. The molecule has 8 heteroatoms. The first-order valence-electron chi connectivity index (χ1n) is 9.29. The summed E-state index contributed by atoms with van der Waals surface area (Å²) in [6, 6.07) is 3.32. The molecule has 2 N–H and O–H groups in total. The lowest BCUT2D eigenvalue weighted by Crippen LogP contribution is -2.41. The Labute approximate surface area is 178 Å². The second kappa shape index (κ2) is 12.5. The smallest absolute Gasteiger partial charge is 0.191 e. The second-order valence-electron chi connectivity index (χ2n) is 6.77. The molecule has 2 atom stereocenters. The lowest BCUT2D eigenvalue weighted by atomic mass is 10.1. The van der Waals surface area contributed by atoms with Crippen LogP contribution < -0.4 is 10.6 Å². The largest absolute Gasteiger partial charge is 0.379 e. The van der Waals surface area contributed by atoms with Gasteiger partial charge in [-0.2, -0.15) is 0 Å². The molecule has 1 heterocycles. The highest BCUT2D eigenvalue weighted by atomic mass is 127. The van der Waals surface area contributed by atoms with Gasteiger partial charge in [-0.05, 0) is 25.8 Å². The molecule has 0 radical (unpaired) electrons. The molecule has 0 aliphatic carbocycles. The quantitative estimate of drug-likeness (QED) is 0.346. The van der Waals surface area contributed by atoms with E-state index in [-0.39, 0.29) is 30.0 Å². The fourth-order valence-corrected chi connectivity index (χ4v) is 2.98. The van der Waals surface area contributed by atoms with Gasteiger partial charge in [0.15, 0.2) is 5.96 Å². The number of halogens is 3. The topological polar surface area (TPSA) is 48.9 Å². The summed E-state index contributed by atoms with van der Waals surface area (Å²) in [7, 11) is 0. The van der Waals surface area contributed by atoms with Crippen molar-refractivity contribution in [1.29, 1.82) is 0 Å². The van der Waals surface area contributed by atoms with Gasteiger partial charge in [-0.15, -0.1) is 24.0 Å². The van der Waals surface area contributed by atoms with Crippen LogP contribution in [0.3, 0.4) is 0 Å². The highest BCUT2D eigenvalue weighted by molar-refractivity contribution is 14.0. The molecule has 5 nitrogen and oxygen atoms in total. The van der Waals surface area contributed by atoms with E-state index < -0.39 is 11.6 Å². The van der Waals surface area contributed by atoms with E-state index in [1.807, 2.05) is 13.8 Å². The zero-order chi connectivity index (χ0) is 18.9. The number of nitrogens with one attached hydrogen (secondary N) is 2. The molecular formula is C19H31F2IN4O. The van der Waals surface area contributed by atoms with Gasteiger partial charge < -0.3 is 15.4 Å². The molecule has 1 aliphatic heterocycles. The van der Waals surface area contributed by atoms with Crippen molar-refractivity contribution in [3.8, 4) is 0 Å². The molecule has 0 amide bonds. The van der Waals surface area contributed by atoms with Crippen LogP contribution in [0.25, 0.3) is 0 Å². The van der Waals surface area contributed by atoms with Gasteiger partial charge >= 0.3 is 0 Å². The van der Waals surface area contributed by atoms with Gasteiger partial charge in [-0.3, -0.25) is 9.89 Å². The second-order valence-corrected chi connectivity index (χ2v) is 6.77. The maximum atomic E-state index is 14.0. The van der Waals surface area contributed by atoms with Gasteiger partial charge in [-0.25, -0.2) is 8.78 Å². The summed E-state index contributed by atoms with van der Waals surface area (Å²) in [4.78, 5) is 7.02. The van der Waals surface area contributed by atoms with Gasteiger partial charge in [0.1, 0.15) is 11.6 Å². The minimum Gasteiger partial charge on any atom is -0.379 e. The number of guanidine groups is 1. The summed E-state index contributed by atoms with van der Waals surface area (Å²) in [5, 5.41) is 6.38. The number of ether oxygens (including phenoxy) is 1. The normalized spacial score (nSPS) is 17.7. The molecule has 1 aromatic rings. The van der Waals surface area contributed by atoms with Crippen molar-refractivity contribution in [2.24, 2.45) is 10.9 Å². The molecule has 27 heavy (non-hydrogen) atoms. The maximum Gasteiger partial charge on any atom is 0.191 e. The third kappa shape index (κ3) is 8.27. The Bertz CT molecular complexity index is 597. The Morgan fingerprint density at radius 2 is 1.96 bits per heavy atom. The number of morpholine rings is 1. The molecule has 1 fully saturated rings. The van der Waals surface area contributed by atoms with E-state index in [0.29, 0.717) is 30.5 Å². The molecule has 0 aromatic heterocycles. The predicted molar refractivity (Wildman–Crippen MR) is 116 cm³/mol. The first-order chi connectivity index (χ1) is 12.5. The Morgan fingerprint density at radius 3 is 2.59 bits per heavy atom. The Kier molecular flexibility index (Phi) is 11.1. The van der Waals surface area contributed by atoms with Crippen LogP contribution in [-0.4, -0.2) is 56.8 Å². The number of hydrogen-bond acceptors (Lipinski definition) is 3. The standard InChI is InChI=1S/C19H30F2N4O.HI/c1-4-22-19(23-12-14(2)13-25-7-9-26-10-8-25)24-15(3)17-6-5-16(20)11-18(17)21;/h5-6,11,14-15H,4,7-10,12-13H2,1-3H3,(H2,22,23,24);1H. The molecule has 0 saturated carbocycles. The van der Waals surface area contributed by atoms with Crippen molar-refractivity contribution in [3.63, 3.8) is 0 Å². The number of rotatable bonds is 7. The summed E-state index contributed by atoms with van der Waals surface area (Å²) in [6.45, 7) is 11.9. The molecule has 0 spiro atoms. The van der Waals surface area contributed by atoms with E-state index in [2.05, 4.69) is 27.4 Å². The molecule has 2 unspecified atom stereocenters. The van der Waals surface area contributed by atoms with Crippen molar-refractivity contribution in [1.82, 2.24) is 15.5 Å². The SMILES string of the molecule is CCNC(=NCC(C)CN1CCOCC1)NC(C)c1ccc(F)cc1F.I. The Morgan fingerprint density at radius 1 is 1.26 bits per heavy atom. The predicted octanol–water partition coefficient (Wildman–Crippen LogP) is 3.17. The average Bonchev–Trinajstić information content (AvgIpc) is 2.60. The van der Waals surface area contributed by atoms with Crippen LogP contribution in [0.5, 0.6) is 0 Å². The number of nitrogens with zero attached hydrogens (tertiary/aromatic N) is 2. The minimum atomic E-state index is -0.573. The summed E-state index contributed by atoms with van der Waals surface area (Å²) < 4.78 is 32.4. The van der Waals surface area contributed by atoms with Crippen LogP contribution in [0.2, 0.25) is 0 Å². The Hall–Kier alpha value is -1.00. The van der Waals surface area contributed by atoms with E-state index in [1.165, 1.54) is 12.1 Å². The average molecular weight is 496 g/mol. The fourth-order valence-electron chi connectivity index (χ4n) is 2.98. The third-order valence-electron chi connectivity index (χ3n) is 4.36. The summed E-state index contributed by atoms with van der Waals surface area (Å²) in [5.41, 5.74) is 0.415. The van der Waals surface area contributed by atoms with Crippen LogP contribution in [-0.2, 0) is 4.74 Å². The van der Waals surface area contributed by atoms with Crippen LogP contribution in [0, 0.1) is 17.6 Å². The van der Waals surface area contributed by atoms with Crippen molar-refractivity contribution >= 4 is 29.9 Å². The summed E-state index contributed by atoms with van der Waals surface area (Å²) in [6.07, 6.45) is 0. The van der Waals surface area contributed by atoms with E-state index >= 15 is 0 Å². The number of aliphatic imine (C=N–C) groups is 1. The maximum absolute atomic E-state index is 14.0. The van der Waals surface area contributed by atoms with Gasteiger partial charge in [0.05, 0.1) is 19.3 Å². The van der Waals surface area contributed by atoms with E-state index in [9.17, 15) is 8.78 Å². The summed E-state index contributed by atoms with van der Waals surface area (Å²) in [5.74, 6) is -0.0866. The number of hydrogen-bond donors (Lipinski definition) is 2. The monoisotopic (exact) mass is 496 g/mol. The van der Waals surface area contributed by atoms with Crippen LogP contribution in [0.15, 0.2) is 23.2 Å². The lowest BCUT2D eigenvalue weighted by molar-refractivity contribution is 0.0323. The van der Waals surface area contributed by atoms with Crippen LogP contribution in [0.4, 0.5) is 8.78 Å². The molecule has 0 bridgehead atoms. The highest BCUT2D eigenvalue weighted by Gasteiger charge is 2.15. The first-order valence-corrected chi connectivity index (χ1v) is 9.29. The minimum absolute atomic E-state index is 0. The van der Waals surface area contributed by atoms with E-state index in [0.717, 1.165) is 38.9 Å². The lowest BCUT2D eigenvalue weighted by Gasteiger charge is -2.28. The van der Waals surface area contributed by atoms with Crippen LogP contribution in [0.1, 0.15) is 32.4 Å². The first kappa shape index (κ1) is 24.0. The van der Waals surface area contributed by atoms with Crippen molar-refractivity contribution in [2.45, 2.75) is 26.8 Å². The van der Waals surface area contributed by atoms with Gasteiger partial charge in [0.2, 0.25) is 0 Å². The highest BCUT2D eigenvalue weighted by Crippen LogP contribution is 2.17. The van der Waals surface area contributed by atoms with Crippen molar-refractivity contribution in [2.75, 3.05) is 45.9 Å². The third-order valence-corrected chi connectivity index (χ3v) is 4.36. The summed E-state index contributed by atoms with van der Waals surface area (Å²) >= 11 is 0. The molecule has 1 aromatic carbocycles. The van der Waals surface area contributed by atoms with E-state index in [1.54, 1.807) is 0 Å². The van der Waals surface area contributed by atoms with Gasteiger partial charge in [0.25, 0.3) is 0 Å². The zero-order valence-corrected chi connectivity index (χ0v) is 18.6. The molecule has 1 saturated heterocycles. The zero-order valence-electron chi connectivity index (χ0n) is 16.3. The number of benzene rings is 1. The van der Waals surface area contributed by atoms with Gasteiger partial charge in [0, 0.05) is 44.4 Å². The molecular weight excluding hydrogens is 465 g/mol. The van der Waals surface area contributed by atoms with E-state index in [4.69, 9.17) is 4.74 Å². The van der Waals surface area contributed by atoms with Crippen molar-refractivity contribution < 1.29 is 13.5 Å². The van der Waals surface area contributed by atoms with Gasteiger partial charge in [-0.1, -0.05) is 13.0 Å². The molecule has 2 rings (SSSR count). The van der Waals surface area contributed by atoms with Crippen molar-refractivity contribution in [3.05, 3.63) is 35.4 Å².